The molecule has 22 heavy (non-hydrogen) atoms. The molecule has 1 aliphatic heterocycles. The van der Waals surface area contributed by atoms with Gasteiger partial charge in [-0.15, -0.1) is 6.58 Å². The summed E-state index contributed by atoms with van der Waals surface area (Å²) in [5.41, 5.74) is 7.73. The average molecular weight is 301 g/mol. The molecule has 0 radical (unpaired) electrons. The van der Waals surface area contributed by atoms with Crippen molar-refractivity contribution < 1.29 is 0 Å². The number of nitrogen functional groups attached to an aromatic ring is 1. The molecule has 0 aromatic carbocycles. The fourth-order valence-corrected chi connectivity index (χ4v) is 4.63. The lowest BCUT2D eigenvalue weighted by molar-refractivity contribution is 0.136. The van der Waals surface area contributed by atoms with E-state index >= 15 is 0 Å². The maximum Gasteiger partial charge on any atom is 0.157 e. The molecular formula is C17H27N5. The van der Waals surface area contributed by atoms with Crippen molar-refractivity contribution in [1.82, 2.24) is 9.97 Å². The summed E-state index contributed by atoms with van der Waals surface area (Å²) in [6.07, 6.45) is 7.09. The molecule has 1 saturated carbocycles. The summed E-state index contributed by atoms with van der Waals surface area (Å²) in [5.74, 6) is 1.59. The van der Waals surface area contributed by atoms with Crippen molar-refractivity contribution in [3.8, 4) is 0 Å². The molecule has 2 heterocycles. The zero-order chi connectivity index (χ0) is 16.0. The van der Waals surface area contributed by atoms with Crippen LogP contribution in [-0.4, -0.2) is 29.1 Å². The molecule has 5 nitrogen and oxygen atoms in total. The van der Waals surface area contributed by atoms with Crippen LogP contribution in [0.4, 0.5) is 17.3 Å². The number of hydrogen-bond acceptors (Lipinski definition) is 5. The third kappa shape index (κ3) is 2.64. The van der Waals surface area contributed by atoms with Crippen molar-refractivity contribution in [2.24, 2.45) is 10.8 Å². The lowest BCUT2D eigenvalue weighted by Gasteiger charge is -2.39. The van der Waals surface area contributed by atoms with Gasteiger partial charge in [-0.05, 0) is 30.1 Å². The molecule has 1 aliphatic carbocycles. The van der Waals surface area contributed by atoms with Gasteiger partial charge in [0.25, 0.3) is 0 Å². The standard InChI is InChI=1S/C17H27N5/c1-5-6-19-14-13(18)15(21-11-20-14)22-10-17(4)8-12(22)7-16(2,3)9-17/h5,11-12H,1,6-10,18H2,2-4H3,(H,19,20,21). The van der Waals surface area contributed by atoms with E-state index in [0.717, 1.165) is 12.4 Å². The van der Waals surface area contributed by atoms with Crippen LogP contribution in [0.15, 0.2) is 19.0 Å². The van der Waals surface area contributed by atoms with E-state index < -0.39 is 0 Å². The highest BCUT2D eigenvalue weighted by molar-refractivity contribution is 5.75. The Labute approximate surface area is 133 Å². The topological polar surface area (TPSA) is 67.1 Å². The Morgan fingerprint density at radius 2 is 2.18 bits per heavy atom. The summed E-state index contributed by atoms with van der Waals surface area (Å²) >= 11 is 0. The average Bonchev–Trinajstić information content (AvgIpc) is 2.67. The minimum absolute atomic E-state index is 0.360. The van der Waals surface area contributed by atoms with Crippen molar-refractivity contribution in [1.29, 1.82) is 0 Å². The quantitative estimate of drug-likeness (QED) is 0.837. The molecule has 2 atom stereocenters. The second-order valence-corrected chi connectivity index (χ2v) is 7.97. The number of aromatic nitrogens is 2. The van der Waals surface area contributed by atoms with Crippen LogP contribution in [0, 0.1) is 10.8 Å². The second kappa shape index (κ2) is 5.14. The van der Waals surface area contributed by atoms with Crippen molar-refractivity contribution >= 4 is 17.3 Å². The Balaban J connectivity index is 1.91. The molecule has 2 fully saturated rings. The van der Waals surface area contributed by atoms with Crippen LogP contribution in [0.5, 0.6) is 0 Å². The lowest BCUT2D eigenvalue weighted by atomic mass is 9.65. The first-order valence-electron chi connectivity index (χ1n) is 8.05. The summed E-state index contributed by atoms with van der Waals surface area (Å²) in [7, 11) is 0. The van der Waals surface area contributed by atoms with Crippen LogP contribution < -0.4 is 16.0 Å². The second-order valence-electron chi connectivity index (χ2n) is 7.97. The molecule has 0 spiro atoms. The van der Waals surface area contributed by atoms with Crippen LogP contribution in [0.25, 0.3) is 0 Å². The van der Waals surface area contributed by atoms with Gasteiger partial charge in [-0.3, -0.25) is 0 Å². The molecule has 3 rings (SSSR count). The number of nitrogens with one attached hydrogen (secondary N) is 1. The Bertz CT molecular complexity index is 582. The summed E-state index contributed by atoms with van der Waals surface area (Å²) in [6, 6.07) is 0.526. The highest BCUT2D eigenvalue weighted by Gasteiger charge is 2.50. The number of fused-ring (bicyclic) bond motifs is 2. The van der Waals surface area contributed by atoms with Crippen molar-refractivity contribution in [2.45, 2.75) is 46.1 Å². The van der Waals surface area contributed by atoms with Gasteiger partial charge >= 0.3 is 0 Å². The molecule has 1 aromatic rings. The summed E-state index contributed by atoms with van der Waals surface area (Å²) < 4.78 is 0. The summed E-state index contributed by atoms with van der Waals surface area (Å²) in [6.45, 7) is 12.5. The van der Waals surface area contributed by atoms with Gasteiger partial charge in [-0.1, -0.05) is 26.8 Å². The molecular weight excluding hydrogens is 274 g/mol. The third-order valence-electron chi connectivity index (χ3n) is 4.96. The van der Waals surface area contributed by atoms with Gasteiger partial charge in [-0.2, -0.15) is 0 Å². The number of hydrogen-bond donors (Lipinski definition) is 2. The maximum atomic E-state index is 6.33. The minimum atomic E-state index is 0.360. The molecule has 2 unspecified atom stereocenters. The van der Waals surface area contributed by atoms with Gasteiger partial charge < -0.3 is 16.0 Å². The Kier molecular flexibility index (Phi) is 3.54. The van der Waals surface area contributed by atoms with Crippen molar-refractivity contribution in [3.63, 3.8) is 0 Å². The molecule has 5 heteroatoms. The van der Waals surface area contributed by atoms with E-state index in [2.05, 4.69) is 47.5 Å². The van der Waals surface area contributed by atoms with E-state index in [4.69, 9.17) is 5.73 Å². The van der Waals surface area contributed by atoms with Crippen LogP contribution in [-0.2, 0) is 0 Å². The van der Waals surface area contributed by atoms with E-state index in [9.17, 15) is 0 Å². The van der Waals surface area contributed by atoms with E-state index in [1.807, 2.05) is 0 Å². The first-order chi connectivity index (χ1) is 10.3. The molecule has 2 aliphatic rings. The third-order valence-corrected chi connectivity index (χ3v) is 4.96. The van der Waals surface area contributed by atoms with Crippen LogP contribution in [0.1, 0.15) is 40.0 Å². The van der Waals surface area contributed by atoms with Crippen molar-refractivity contribution in [3.05, 3.63) is 19.0 Å². The van der Waals surface area contributed by atoms with E-state index in [-0.39, 0.29) is 0 Å². The largest absolute Gasteiger partial charge is 0.393 e. The van der Waals surface area contributed by atoms with E-state index in [0.29, 0.717) is 34.9 Å². The number of nitrogens with zero attached hydrogens (tertiary/aromatic N) is 3. The van der Waals surface area contributed by atoms with Crippen LogP contribution in [0.3, 0.4) is 0 Å². The fraction of sp³-hybridized carbons (Fsp3) is 0.647. The van der Waals surface area contributed by atoms with Gasteiger partial charge in [-0.25, -0.2) is 9.97 Å². The molecule has 1 saturated heterocycles. The SMILES string of the molecule is C=CCNc1ncnc(N2CC3(C)CC2CC(C)(C)C3)c1N. The first-order valence-corrected chi connectivity index (χ1v) is 8.05. The summed E-state index contributed by atoms with van der Waals surface area (Å²) in [5, 5.41) is 3.19. The number of anilines is 3. The smallest absolute Gasteiger partial charge is 0.157 e. The van der Waals surface area contributed by atoms with Crippen LogP contribution in [0.2, 0.25) is 0 Å². The van der Waals surface area contributed by atoms with Gasteiger partial charge in [0.1, 0.15) is 12.0 Å². The number of rotatable bonds is 4. The predicted octanol–water partition coefficient (Wildman–Crippen LogP) is 3.06. The van der Waals surface area contributed by atoms with Gasteiger partial charge in [0.15, 0.2) is 11.6 Å². The maximum absolute atomic E-state index is 6.33. The fourth-order valence-electron chi connectivity index (χ4n) is 4.63. The Morgan fingerprint density at radius 3 is 2.91 bits per heavy atom. The summed E-state index contributed by atoms with van der Waals surface area (Å²) in [4.78, 5) is 11.2. The Hall–Kier alpha value is -1.78. The first kappa shape index (κ1) is 15.1. The molecule has 3 N–H and O–H groups in total. The minimum Gasteiger partial charge on any atom is -0.393 e. The van der Waals surface area contributed by atoms with Gasteiger partial charge in [0.05, 0.1) is 0 Å². The zero-order valence-electron chi connectivity index (χ0n) is 13.9. The van der Waals surface area contributed by atoms with Gasteiger partial charge in [0, 0.05) is 19.1 Å². The highest BCUT2D eigenvalue weighted by atomic mass is 15.3. The molecule has 120 valence electrons. The van der Waals surface area contributed by atoms with E-state index in [1.54, 1.807) is 12.4 Å². The monoisotopic (exact) mass is 301 g/mol. The predicted molar refractivity (Wildman–Crippen MR) is 92.0 cm³/mol. The Morgan fingerprint density at radius 1 is 1.41 bits per heavy atom. The molecule has 2 bridgehead atoms. The molecule has 1 aromatic heterocycles. The van der Waals surface area contributed by atoms with Crippen LogP contribution >= 0.6 is 0 Å². The molecule has 0 amide bonds. The van der Waals surface area contributed by atoms with Gasteiger partial charge in [0.2, 0.25) is 0 Å². The normalized spacial score (nSPS) is 29.4. The highest BCUT2D eigenvalue weighted by Crippen LogP contribution is 2.53. The van der Waals surface area contributed by atoms with Crippen molar-refractivity contribution in [2.75, 3.05) is 29.0 Å². The lowest BCUT2D eigenvalue weighted by Crippen LogP contribution is -2.35. The number of nitrogens with two attached hydrogens (primary N) is 1. The zero-order valence-corrected chi connectivity index (χ0v) is 13.9. The van der Waals surface area contributed by atoms with E-state index in [1.165, 1.54) is 19.3 Å².